The van der Waals surface area contributed by atoms with Gasteiger partial charge in [-0.2, -0.15) is 23.3 Å². The van der Waals surface area contributed by atoms with Crippen molar-refractivity contribution in [1.82, 2.24) is 19.7 Å². The first-order chi connectivity index (χ1) is 12.8. The van der Waals surface area contributed by atoms with Crippen molar-refractivity contribution in [3.05, 3.63) is 17.5 Å². The molecule has 10 heteroatoms. The summed E-state index contributed by atoms with van der Waals surface area (Å²) in [7, 11) is 0. The van der Waals surface area contributed by atoms with E-state index in [1.807, 2.05) is 11.6 Å². The van der Waals surface area contributed by atoms with Gasteiger partial charge in [0, 0.05) is 18.7 Å². The average molecular weight is 382 g/mol. The smallest absolute Gasteiger partial charge is 0.421 e. The standard InChI is InChI=1S/C17H21F3N6O/c1-9-6-7-27-13-10(2)25-26(11-4-3-5-11)15(13)24-16-21-8-12(17(18,19)20)14(22-9)23-16/h8-9,11H,3-7H2,1-2H3,(H2,21,22,23,24). The Kier molecular flexibility index (Phi) is 4.35. The van der Waals surface area contributed by atoms with Crippen LogP contribution in [-0.2, 0) is 6.18 Å². The van der Waals surface area contributed by atoms with Crippen LogP contribution in [0.5, 0.6) is 5.75 Å². The van der Waals surface area contributed by atoms with E-state index < -0.39 is 11.7 Å². The predicted molar refractivity (Wildman–Crippen MR) is 93.4 cm³/mol. The highest BCUT2D eigenvalue weighted by molar-refractivity contribution is 5.62. The SMILES string of the molecule is Cc1nn(C2CCC2)c2c1OCCC(C)Nc1nc(ncc1C(F)(F)F)N2. The molecule has 2 aromatic heterocycles. The summed E-state index contributed by atoms with van der Waals surface area (Å²) in [6.45, 7) is 4.00. The van der Waals surface area contributed by atoms with E-state index in [-0.39, 0.29) is 23.8 Å². The zero-order chi connectivity index (χ0) is 19.2. The molecule has 0 radical (unpaired) electrons. The van der Waals surface area contributed by atoms with Crippen molar-refractivity contribution in [2.24, 2.45) is 0 Å². The van der Waals surface area contributed by atoms with Crippen LogP contribution in [0.1, 0.15) is 49.9 Å². The molecule has 0 saturated heterocycles. The van der Waals surface area contributed by atoms with Crippen LogP contribution in [0.3, 0.4) is 0 Å². The summed E-state index contributed by atoms with van der Waals surface area (Å²) >= 11 is 0. The van der Waals surface area contributed by atoms with Gasteiger partial charge in [0.25, 0.3) is 0 Å². The van der Waals surface area contributed by atoms with Crippen LogP contribution in [0.25, 0.3) is 0 Å². The Morgan fingerprint density at radius 3 is 2.70 bits per heavy atom. The largest absolute Gasteiger partial charge is 0.488 e. The molecule has 1 saturated carbocycles. The van der Waals surface area contributed by atoms with Gasteiger partial charge in [0.15, 0.2) is 11.6 Å². The fourth-order valence-corrected chi connectivity index (χ4v) is 3.22. The number of aryl methyl sites for hydroxylation is 1. The Bertz CT molecular complexity index is 846. The Balaban J connectivity index is 1.79. The number of ether oxygens (including phenoxy) is 1. The highest BCUT2D eigenvalue weighted by Crippen LogP contribution is 2.40. The van der Waals surface area contributed by atoms with E-state index in [0.29, 0.717) is 24.6 Å². The first-order valence-corrected chi connectivity index (χ1v) is 9.02. The monoisotopic (exact) mass is 382 g/mol. The average Bonchev–Trinajstić information content (AvgIpc) is 2.80. The predicted octanol–water partition coefficient (Wildman–Crippen LogP) is 4.05. The molecule has 0 spiro atoms. The fraction of sp³-hybridized carbons (Fsp3) is 0.588. The number of aromatic nitrogens is 4. The second-order valence-corrected chi connectivity index (χ2v) is 7.05. The maximum absolute atomic E-state index is 13.3. The number of nitrogens with zero attached hydrogens (tertiary/aromatic N) is 4. The van der Waals surface area contributed by atoms with Gasteiger partial charge in [-0.3, -0.25) is 0 Å². The number of hydrogen-bond donors (Lipinski definition) is 2. The number of hydrogen-bond acceptors (Lipinski definition) is 6. The van der Waals surface area contributed by atoms with E-state index in [4.69, 9.17) is 4.74 Å². The second kappa shape index (κ2) is 6.58. The molecule has 0 amide bonds. The molecule has 0 aromatic carbocycles. The van der Waals surface area contributed by atoms with E-state index in [2.05, 4.69) is 25.7 Å². The minimum Gasteiger partial charge on any atom is -0.488 e. The molecule has 4 rings (SSSR count). The molecule has 1 unspecified atom stereocenters. The summed E-state index contributed by atoms with van der Waals surface area (Å²) in [5.41, 5.74) is -0.152. The quantitative estimate of drug-likeness (QED) is 0.775. The van der Waals surface area contributed by atoms with Gasteiger partial charge in [0.2, 0.25) is 5.95 Å². The first kappa shape index (κ1) is 17.9. The first-order valence-electron chi connectivity index (χ1n) is 9.02. The zero-order valence-corrected chi connectivity index (χ0v) is 15.1. The van der Waals surface area contributed by atoms with Gasteiger partial charge in [0.1, 0.15) is 17.1 Å². The van der Waals surface area contributed by atoms with Crippen molar-refractivity contribution < 1.29 is 17.9 Å². The summed E-state index contributed by atoms with van der Waals surface area (Å²) < 4.78 is 47.7. The van der Waals surface area contributed by atoms with Crippen molar-refractivity contribution in [1.29, 1.82) is 0 Å². The third-order valence-electron chi connectivity index (χ3n) is 4.96. The number of halogens is 3. The normalized spacial score (nSPS) is 20.4. The minimum absolute atomic E-state index is 0.0740. The Labute approximate surface area is 154 Å². The third kappa shape index (κ3) is 3.40. The Morgan fingerprint density at radius 1 is 1.26 bits per heavy atom. The molecule has 3 heterocycles. The van der Waals surface area contributed by atoms with Crippen LogP contribution in [0.15, 0.2) is 6.20 Å². The molecule has 1 atom stereocenters. The van der Waals surface area contributed by atoms with Crippen molar-refractivity contribution in [2.75, 3.05) is 17.2 Å². The lowest BCUT2D eigenvalue weighted by molar-refractivity contribution is -0.137. The van der Waals surface area contributed by atoms with Gasteiger partial charge in [-0.1, -0.05) is 0 Å². The van der Waals surface area contributed by atoms with Gasteiger partial charge >= 0.3 is 6.18 Å². The van der Waals surface area contributed by atoms with E-state index in [1.165, 1.54) is 0 Å². The molecule has 2 bridgehead atoms. The number of rotatable bonds is 1. The van der Waals surface area contributed by atoms with E-state index in [9.17, 15) is 13.2 Å². The summed E-state index contributed by atoms with van der Waals surface area (Å²) in [4.78, 5) is 7.97. The lowest BCUT2D eigenvalue weighted by Crippen LogP contribution is -2.22. The lowest BCUT2D eigenvalue weighted by atomic mass is 9.93. The summed E-state index contributed by atoms with van der Waals surface area (Å²) in [5, 5.41) is 10.4. The van der Waals surface area contributed by atoms with Crippen LogP contribution < -0.4 is 15.4 Å². The molecular formula is C17H21F3N6O. The highest BCUT2D eigenvalue weighted by atomic mass is 19.4. The Morgan fingerprint density at radius 2 is 2.04 bits per heavy atom. The van der Waals surface area contributed by atoms with Crippen molar-refractivity contribution in [3.63, 3.8) is 0 Å². The zero-order valence-electron chi connectivity index (χ0n) is 15.1. The molecule has 1 aliphatic carbocycles. The number of nitrogens with one attached hydrogen (secondary N) is 2. The Hall–Kier alpha value is -2.52. The van der Waals surface area contributed by atoms with Gasteiger partial charge in [-0.25, -0.2) is 9.67 Å². The molecule has 146 valence electrons. The van der Waals surface area contributed by atoms with Crippen molar-refractivity contribution in [2.45, 2.75) is 57.8 Å². The molecule has 27 heavy (non-hydrogen) atoms. The molecular weight excluding hydrogens is 361 g/mol. The fourth-order valence-electron chi connectivity index (χ4n) is 3.22. The third-order valence-corrected chi connectivity index (χ3v) is 4.96. The maximum atomic E-state index is 13.3. The van der Waals surface area contributed by atoms with Gasteiger partial charge in [0.05, 0.1) is 12.6 Å². The summed E-state index contributed by atoms with van der Waals surface area (Å²) in [6.07, 6.45) is -0.0714. The van der Waals surface area contributed by atoms with Crippen LogP contribution in [0.2, 0.25) is 0 Å². The minimum atomic E-state index is -4.54. The maximum Gasteiger partial charge on any atom is 0.421 e. The number of fused-ring (bicyclic) bond motifs is 3. The van der Waals surface area contributed by atoms with Gasteiger partial charge in [-0.05, 0) is 33.1 Å². The topological polar surface area (TPSA) is 76.9 Å². The van der Waals surface area contributed by atoms with Crippen molar-refractivity contribution >= 4 is 17.6 Å². The molecule has 7 nitrogen and oxygen atoms in total. The summed E-state index contributed by atoms with van der Waals surface area (Å²) in [5.74, 6) is 1.03. The molecule has 2 aromatic rings. The summed E-state index contributed by atoms with van der Waals surface area (Å²) in [6, 6.07) is -0.00275. The van der Waals surface area contributed by atoms with Crippen LogP contribution in [0.4, 0.5) is 30.8 Å². The molecule has 1 fully saturated rings. The number of alkyl halides is 3. The molecule has 2 N–H and O–H groups in total. The van der Waals surface area contributed by atoms with Crippen molar-refractivity contribution in [3.8, 4) is 5.75 Å². The van der Waals surface area contributed by atoms with Crippen LogP contribution in [-0.4, -0.2) is 32.4 Å². The van der Waals surface area contributed by atoms with E-state index in [1.54, 1.807) is 6.92 Å². The lowest BCUT2D eigenvalue weighted by Gasteiger charge is -2.27. The second-order valence-electron chi connectivity index (χ2n) is 7.05. The highest BCUT2D eigenvalue weighted by Gasteiger charge is 2.36. The van der Waals surface area contributed by atoms with Gasteiger partial charge < -0.3 is 15.4 Å². The van der Waals surface area contributed by atoms with E-state index in [0.717, 1.165) is 31.2 Å². The van der Waals surface area contributed by atoms with Crippen LogP contribution in [0, 0.1) is 6.92 Å². The van der Waals surface area contributed by atoms with E-state index >= 15 is 0 Å². The van der Waals surface area contributed by atoms with Gasteiger partial charge in [-0.15, -0.1) is 0 Å². The van der Waals surface area contributed by atoms with Crippen LogP contribution >= 0.6 is 0 Å². The number of anilines is 3. The molecule has 1 aliphatic heterocycles. The molecule has 2 aliphatic rings.